The average Bonchev–Trinajstić information content (AvgIpc) is 3.64. The van der Waals surface area contributed by atoms with Crippen LogP contribution < -0.4 is 16.4 Å². The minimum atomic E-state index is -1.08. The molecule has 0 radical (unpaired) electrons. The van der Waals surface area contributed by atoms with Crippen LogP contribution in [-0.2, 0) is 20.9 Å². The molecule has 10 nitrogen and oxygen atoms in total. The normalized spacial score (nSPS) is 16.3. The van der Waals surface area contributed by atoms with Gasteiger partial charge in [-0.05, 0) is 36.1 Å². The third-order valence-electron chi connectivity index (χ3n) is 6.69. The Hall–Kier alpha value is -4.22. The van der Waals surface area contributed by atoms with E-state index in [0.29, 0.717) is 24.3 Å². The molecule has 0 unspecified atom stereocenters. The van der Waals surface area contributed by atoms with E-state index < -0.39 is 30.5 Å². The maximum Gasteiger partial charge on any atom is 0.317 e. The first-order chi connectivity index (χ1) is 18.9. The van der Waals surface area contributed by atoms with Crippen molar-refractivity contribution in [3.63, 3.8) is 0 Å². The molecular weight excluding hydrogens is 518 g/mol. The summed E-state index contributed by atoms with van der Waals surface area (Å²) in [5.41, 5.74) is 7.35. The Kier molecular flexibility index (Phi) is 9.29. The van der Waals surface area contributed by atoms with Gasteiger partial charge in [0.15, 0.2) is 5.84 Å². The van der Waals surface area contributed by atoms with Crippen LogP contribution in [0.5, 0.6) is 0 Å². The highest BCUT2D eigenvalue weighted by Crippen LogP contribution is 2.31. The molecule has 2 amide bonds. The van der Waals surface area contributed by atoms with Gasteiger partial charge in [-0.2, -0.15) is 0 Å². The number of hydrogen-bond donors (Lipinski definition) is 5. The number of benzene rings is 2. The van der Waals surface area contributed by atoms with Crippen LogP contribution in [0.3, 0.4) is 0 Å². The maximum atomic E-state index is 14.1. The molecule has 11 heteroatoms. The highest BCUT2D eigenvalue weighted by molar-refractivity contribution is 7.14. The lowest BCUT2D eigenvalue weighted by atomic mass is 9.84. The van der Waals surface area contributed by atoms with Crippen LogP contribution in [0.2, 0.25) is 0 Å². The number of thiophene rings is 1. The van der Waals surface area contributed by atoms with Crippen LogP contribution in [0.4, 0.5) is 0 Å². The summed E-state index contributed by atoms with van der Waals surface area (Å²) in [5, 5.41) is 27.1. The van der Waals surface area contributed by atoms with E-state index in [1.807, 2.05) is 60.7 Å². The molecule has 2 aromatic carbocycles. The lowest BCUT2D eigenvalue weighted by molar-refractivity contribution is -0.141. The van der Waals surface area contributed by atoms with E-state index in [2.05, 4.69) is 15.8 Å². The average molecular weight is 550 g/mol. The van der Waals surface area contributed by atoms with Gasteiger partial charge in [0.05, 0.1) is 24.0 Å². The van der Waals surface area contributed by atoms with Crippen molar-refractivity contribution in [3.8, 4) is 0 Å². The number of nitrogens with one attached hydrogen (secondary N) is 2. The second-order valence-corrected chi connectivity index (χ2v) is 10.4. The van der Waals surface area contributed by atoms with E-state index >= 15 is 0 Å². The van der Waals surface area contributed by atoms with Crippen LogP contribution in [0.15, 0.2) is 78.0 Å². The number of carboxylic acids is 1. The van der Waals surface area contributed by atoms with Crippen LogP contribution in [0.25, 0.3) is 0 Å². The van der Waals surface area contributed by atoms with Gasteiger partial charge in [-0.25, -0.2) is 0 Å². The lowest BCUT2D eigenvalue weighted by Crippen LogP contribution is -2.55. The van der Waals surface area contributed by atoms with Crippen LogP contribution in [0, 0.1) is 0 Å². The molecule has 0 bridgehead atoms. The van der Waals surface area contributed by atoms with Crippen LogP contribution in [-0.4, -0.2) is 64.0 Å². The summed E-state index contributed by atoms with van der Waals surface area (Å²) in [4.78, 5) is 41.8. The third kappa shape index (κ3) is 6.81. The number of amides is 2. The fraction of sp³-hybridized carbons (Fsp3) is 0.286. The van der Waals surface area contributed by atoms with Gasteiger partial charge in [-0.3, -0.25) is 19.7 Å². The smallest absolute Gasteiger partial charge is 0.317 e. The van der Waals surface area contributed by atoms with Crippen molar-refractivity contribution in [2.24, 2.45) is 10.9 Å². The summed E-state index contributed by atoms with van der Waals surface area (Å²) in [7, 11) is 0. The first-order valence-electron chi connectivity index (χ1n) is 12.6. The fourth-order valence-corrected chi connectivity index (χ4v) is 5.72. The van der Waals surface area contributed by atoms with E-state index in [1.54, 1.807) is 17.0 Å². The first kappa shape index (κ1) is 27.8. The number of oxime groups is 1. The van der Waals surface area contributed by atoms with Crippen LogP contribution in [0.1, 0.15) is 39.6 Å². The fourth-order valence-electron chi connectivity index (χ4n) is 4.88. The number of nitrogens with zero attached hydrogens (tertiary/aromatic N) is 2. The first-order valence-corrected chi connectivity index (χ1v) is 13.4. The highest BCUT2D eigenvalue weighted by Gasteiger charge is 2.40. The number of carbonyl (C=O) groups excluding carboxylic acids is 2. The van der Waals surface area contributed by atoms with Crippen LogP contribution >= 0.6 is 11.3 Å². The molecule has 39 heavy (non-hydrogen) atoms. The van der Waals surface area contributed by atoms with Crippen molar-refractivity contribution < 1.29 is 24.7 Å². The summed E-state index contributed by atoms with van der Waals surface area (Å²) in [6, 6.07) is 20.9. The van der Waals surface area contributed by atoms with Gasteiger partial charge in [0.2, 0.25) is 11.8 Å². The van der Waals surface area contributed by atoms with Gasteiger partial charge in [-0.15, -0.1) is 11.3 Å². The molecule has 1 aliphatic rings. The van der Waals surface area contributed by atoms with Gasteiger partial charge >= 0.3 is 5.97 Å². The Bertz CT molecular complexity index is 1270. The number of amidine groups is 1. The number of hydrogen-bond acceptors (Lipinski definition) is 7. The Morgan fingerprint density at radius 1 is 1.03 bits per heavy atom. The molecule has 1 saturated heterocycles. The Morgan fingerprint density at radius 3 is 2.26 bits per heavy atom. The van der Waals surface area contributed by atoms with Gasteiger partial charge in [0.1, 0.15) is 6.04 Å². The Balaban J connectivity index is 1.56. The monoisotopic (exact) mass is 549 g/mol. The molecule has 3 aromatic rings. The topological polar surface area (TPSA) is 157 Å². The van der Waals surface area contributed by atoms with E-state index in [9.17, 15) is 19.5 Å². The summed E-state index contributed by atoms with van der Waals surface area (Å²) in [5.74, 6) is -2.15. The summed E-state index contributed by atoms with van der Waals surface area (Å²) in [6.45, 7) is 0.224. The SMILES string of the molecule is N/C(=N\O)c1ccc(CNC(=O)[C@@H]2CCCN2C(=O)[C@H](NCC(=O)O)C(c2ccccc2)c2ccccc2)s1. The molecule has 0 aliphatic carbocycles. The molecule has 6 N–H and O–H groups in total. The second-order valence-electron chi connectivity index (χ2n) is 9.21. The molecule has 1 fully saturated rings. The van der Waals surface area contributed by atoms with Crippen molar-refractivity contribution in [1.82, 2.24) is 15.5 Å². The second kappa shape index (κ2) is 13.0. The predicted octanol–water partition coefficient (Wildman–Crippen LogP) is 2.32. The zero-order valence-electron chi connectivity index (χ0n) is 21.2. The van der Waals surface area contributed by atoms with Gasteiger partial charge in [0.25, 0.3) is 0 Å². The molecule has 2 atom stereocenters. The van der Waals surface area contributed by atoms with Gasteiger partial charge in [0, 0.05) is 17.3 Å². The van der Waals surface area contributed by atoms with Gasteiger partial charge < -0.3 is 26.3 Å². The predicted molar refractivity (Wildman–Crippen MR) is 148 cm³/mol. The summed E-state index contributed by atoms with van der Waals surface area (Å²) < 4.78 is 0. The highest BCUT2D eigenvalue weighted by atomic mass is 32.1. The molecule has 0 spiro atoms. The number of nitrogens with two attached hydrogens (primary N) is 1. The van der Waals surface area contributed by atoms with E-state index in [-0.39, 0.29) is 24.2 Å². The number of carboxylic acid groups (broad SMARTS) is 1. The van der Waals surface area contributed by atoms with Crippen molar-refractivity contribution >= 4 is 35.0 Å². The molecule has 1 aliphatic heterocycles. The molecule has 0 saturated carbocycles. The molecule has 204 valence electrons. The Morgan fingerprint density at radius 2 is 1.67 bits per heavy atom. The zero-order valence-corrected chi connectivity index (χ0v) is 22.0. The van der Waals surface area contributed by atoms with Crippen molar-refractivity contribution in [3.05, 3.63) is 93.7 Å². The van der Waals surface area contributed by atoms with Gasteiger partial charge in [-0.1, -0.05) is 65.8 Å². The maximum absolute atomic E-state index is 14.1. The number of likely N-dealkylation sites (tertiary alicyclic amines) is 1. The third-order valence-corrected chi connectivity index (χ3v) is 7.79. The summed E-state index contributed by atoms with van der Waals surface area (Å²) in [6.07, 6.45) is 1.16. The number of rotatable bonds is 11. The largest absolute Gasteiger partial charge is 0.480 e. The minimum Gasteiger partial charge on any atom is -0.480 e. The van der Waals surface area contributed by atoms with Crippen molar-refractivity contribution in [2.45, 2.75) is 37.4 Å². The standard InChI is InChI=1S/C28H31N5O5S/c29-26(32-38)22-14-13-20(39-22)16-31-27(36)21-12-7-15-33(21)28(37)25(30-17-23(34)35)24(18-8-3-1-4-9-18)19-10-5-2-6-11-19/h1-6,8-11,13-14,21,24-25,30,38H,7,12,15-17H2,(H2,29,32)(H,31,36)(H,34,35)/t21-,25+/m0/s1. The van der Waals surface area contributed by atoms with Crippen molar-refractivity contribution in [1.29, 1.82) is 0 Å². The minimum absolute atomic E-state index is 0.00331. The quantitative estimate of drug-likeness (QED) is 0.106. The zero-order chi connectivity index (χ0) is 27.8. The van der Waals surface area contributed by atoms with E-state index in [4.69, 9.17) is 10.9 Å². The molecule has 2 heterocycles. The Labute approximate surface area is 230 Å². The van der Waals surface area contributed by atoms with Crippen molar-refractivity contribution in [2.75, 3.05) is 13.1 Å². The molecule has 4 rings (SSSR count). The van der Waals surface area contributed by atoms with E-state index in [1.165, 1.54) is 11.3 Å². The number of aliphatic carboxylic acids is 1. The summed E-state index contributed by atoms with van der Waals surface area (Å²) >= 11 is 1.29. The molecular formula is C28H31N5O5S. The molecule has 1 aromatic heterocycles. The lowest BCUT2D eigenvalue weighted by Gasteiger charge is -2.33. The number of carbonyl (C=O) groups is 3. The van der Waals surface area contributed by atoms with E-state index in [0.717, 1.165) is 16.0 Å².